The van der Waals surface area contributed by atoms with Gasteiger partial charge in [-0.05, 0) is 42.7 Å². The molecule has 0 radical (unpaired) electrons. The molecule has 0 spiro atoms. The molecule has 2 aromatic heterocycles. The normalized spacial score (nSPS) is 17.2. The Hall–Kier alpha value is -2.06. The minimum atomic E-state index is -0.509. The quantitative estimate of drug-likeness (QED) is 0.533. The second-order valence-electron chi connectivity index (χ2n) is 8.62. The number of aliphatic hydroxyl groups is 1. The predicted octanol–water partition coefficient (Wildman–Crippen LogP) is 3.16. The third-order valence-corrected chi connectivity index (χ3v) is 7.13. The van der Waals surface area contributed by atoms with Gasteiger partial charge in [-0.25, -0.2) is 4.98 Å². The molecule has 7 heteroatoms. The van der Waals surface area contributed by atoms with Crippen LogP contribution in [0.4, 0.5) is 0 Å². The van der Waals surface area contributed by atoms with Crippen LogP contribution in [-0.4, -0.2) is 52.9 Å². The molecular weight excluding hydrogens is 410 g/mol. The van der Waals surface area contributed by atoms with E-state index in [1.165, 1.54) is 10.4 Å². The molecule has 1 aliphatic carbocycles. The van der Waals surface area contributed by atoms with Crippen LogP contribution in [0.3, 0.4) is 0 Å². The van der Waals surface area contributed by atoms with Crippen LogP contribution in [0.15, 0.2) is 35.1 Å². The Balaban J connectivity index is 1.51. The number of hydrogen-bond acceptors (Lipinski definition) is 6. The molecule has 0 amide bonds. The molecule has 0 fully saturated rings. The van der Waals surface area contributed by atoms with E-state index in [-0.39, 0.29) is 5.56 Å². The van der Waals surface area contributed by atoms with Crippen LogP contribution in [0, 0.1) is 5.92 Å². The first-order chi connectivity index (χ1) is 15.0. The summed E-state index contributed by atoms with van der Waals surface area (Å²) in [6.07, 6.45) is 3.21. The molecule has 0 saturated heterocycles. The number of aromatic nitrogens is 2. The van der Waals surface area contributed by atoms with Crippen molar-refractivity contribution in [2.45, 2.75) is 45.3 Å². The summed E-state index contributed by atoms with van der Waals surface area (Å²) in [5.74, 6) is 1.31. The van der Waals surface area contributed by atoms with Crippen molar-refractivity contribution in [3.63, 3.8) is 0 Å². The van der Waals surface area contributed by atoms with E-state index < -0.39 is 6.10 Å². The van der Waals surface area contributed by atoms with E-state index >= 15 is 0 Å². The van der Waals surface area contributed by atoms with Crippen molar-refractivity contribution in [1.82, 2.24) is 14.9 Å². The molecule has 0 bridgehead atoms. The molecule has 31 heavy (non-hydrogen) atoms. The van der Waals surface area contributed by atoms with E-state index in [1.807, 2.05) is 30.3 Å². The molecule has 3 aromatic rings. The van der Waals surface area contributed by atoms with Gasteiger partial charge in [0.05, 0.1) is 24.6 Å². The van der Waals surface area contributed by atoms with E-state index in [0.717, 1.165) is 35.0 Å². The fourth-order valence-electron chi connectivity index (χ4n) is 4.38. The number of ether oxygens (including phenoxy) is 1. The number of H-pyrrole nitrogens is 1. The number of nitrogens with zero attached hydrogens (tertiary/aromatic N) is 2. The maximum absolute atomic E-state index is 12.9. The van der Waals surface area contributed by atoms with Crippen LogP contribution in [0.25, 0.3) is 10.2 Å². The number of methoxy groups -OCH3 is 1. The largest absolute Gasteiger partial charge is 0.391 e. The number of hydrogen-bond donors (Lipinski definition) is 2. The van der Waals surface area contributed by atoms with Gasteiger partial charge in [0, 0.05) is 25.1 Å². The smallest absolute Gasteiger partial charge is 0.259 e. The highest BCUT2D eigenvalue weighted by Crippen LogP contribution is 2.35. The zero-order chi connectivity index (χ0) is 21.8. The summed E-state index contributed by atoms with van der Waals surface area (Å²) in [6, 6.07) is 9.98. The molecule has 2 heterocycles. The number of aliphatic hydroxyl groups excluding tert-OH is 1. The van der Waals surface area contributed by atoms with E-state index in [1.54, 1.807) is 18.4 Å². The maximum Gasteiger partial charge on any atom is 0.259 e. The first-order valence-electron chi connectivity index (χ1n) is 11.0. The van der Waals surface area contributed by atoms with Gasteiger partial charge in [0.25, 0.3) is 5.56 Å². The molecule has 2 N–H and O–H groups in total. The molecule has 166 valence electrons. The Bertz CT molecular complexity index is 1060. The van der Waals surface area contributed by atoms with E-state index in [4.69, 9.17) is 9.72 Å². The highest BCUT2D eigenvalue weighted by molar-refractivity contribution is 7.18. The Kier molecular flexibility index (Phi) is 7.17. The summed E-state index contributed by atoms with van der Waals surface area (Å²) in [6.45, 7) is 4.43. The summed E-state index contributed by atoms with van der Waals surface area (Å²) in [7, 11) is 1.67. The molecule has 1 aliphatic rings. The van der Waals surface area contributed by atoms with Crippen molar-refractivity contribution in [3.8, 4) is 0 Å². The third-order valence-electron chi connectivity index (χ3n) is 5.98. The number of thiophene rings is 1. The fraction of sp³-hybridized carbons (Fsp3) is 0.500. The Morgan fingerprint density at radius 1 is 1.35 bits per heavy atom. The lowest BCUT2D eigenvalue weighted by Crippen LogP contribution is -2.36. The van der Waals surface area contributed by atoms with Gasteiger partial charge in [-0.1, -0.05) is 37.3 Å². The second kappa shape index (κ2) is 10.0. The van der Waals surface area contributed by atoms with Crippen molar-refractivity contribution in [1.29, 1.82) is 0 Å². The summed E-state index contributed by atoms with van der Waals surface area (Å²) in [5, 5.41) is 11.4. The second-order valence-corrected chi connectivity index (χ2v) is 9.70. The number of rotatable bonds is 9. The summed E-state index contributed by atoms with van der Waals surface area (Å²) in [4.78, 5) is 25.0. The standard InChI is InChI=1S/C24H31N3O3S/c1-16-8-9-19-20(12-16)31-24-22(19)23(29)25-21(26-24)15-27(10-11-30-2)14-18(28)13-17-6-4-3-5-7-17/h3-7,16,18,28H,8-15H2,1-2H3,(H,25,26,29)/t16-,18-/m0/s1. The minimum absolute atomic E-state index is 0.0384. The Morgan fingerprint density at radius 3 is 2.94 bits per heavy atom. The average molecular weight is 442 g/mol. The average Bonchev–Trinajstić information content (AvgIpc) is 3.10. The van der Waals surface area contributed by atoms with Gasteiger partial charge in [0.1, 0.15) is 10.7 Å². The first kappa shape index (κ1) is 22.1. The molecule has 6 nitrogen and oxygen atoms in total. The lowest BCUT2D eigenvalue weighted by molar-refractivity contribution is 0.0837. The minimum Gasteiger partial charge on any atom is -0.391 e. The molecule has 2 atom stereocenters. The fourth-order valence-corrected chi connectivity index (χ4v) is 5.79. The van der Waals surface area contributed by atoms with E-state index in [0.29, 0.717) is 44.4 Å². The van der Waals surface area contributed by atoms with Gasteiger partial charge in [0.2, 0.25) is 0 Å². The van der Waals surface area contributed by atoms with Gasteiger partial charge in [-0.3, -0.25) is 9.69 Å². The van der Waals surface area contributed by atoms with Gasteiger partial charge in [0.15, 0.2) is 0 Å². The van der Waals surface area contributed by atoms with Crippen LogP contribution in [0.1, 0.15) is 35.2 Å². The highest BCUT2D eigenvalue weighted by Gasteiger charge is 2.23. The number of nitrogens with one attached hydrogen (secondary N) is 1. The maximum atomic E-state index is 12.9. The summed E-state index contributed by atoms with van der Waals surface area (Å²) < 4.78 is 5.26. The molecule has 0 aliphatic heterocycles. The monoisotopic (exact) mass is 441 g/mol. The van der Waals surface area contributed by atoms with Crippen molar-refractivity contribution >= 4 is 21.6 Å². The molecular formula is C24H31N3O3S. The lowest BCUT2D eigenvalue weighted by atomic mass is 9.89. The van der Waals surface area contributed by atoms with Crippen molar-refractivity contribution in [2.75, 3.05) is 26.8 Å². The number of aromatic amines is 1. The molecule has 1 aromatic carbocycles. The molecule has 0 saturated carbocycles. The van der Waals surface area contributed by atoms with Crippen LogP contribution >= 0.6 is 11.3 Å². The SMILES string of the molecule is COCCN(Cc1nc2sc3c(c2c(=O)[nH]1)CC[C@H](C)C3)C[C@@H](O)Cc1ccccc1. The van der Waals surface area contributed by atoms with Crippen molar-refractivity contribution in [3.05, 3.63) is 62.5 Å². The highest BCUT2D eigenvalue weighted by atomic mass is 32.1. The lowest BCUT2D eigenvalue weighted by Gasteiger charge is -2.24. The Morgan fingerprint density at radius 2 is 2.16 bits per heavy atom. The number of benzene rings is 1. The van der Waals surface area contributed by atoms with Crippen LogP contribution in [0.5, 0.6) is 0 Å². The van der Waals surface area contributed by atoms with Crippen molar-refractivity contribution in [2.24, 2.45) is 5.92 Å². The third kappa shape index (κ3) is 5.41. The van der Waals surface area contributed by atoms with Crippen LogP contribution in [0.2, 0.25) is 0 Å². The van der Waals surface area contributed by atoms with Gasteiger partial charge < -0.3 is 14.8 Å². The van der Waals surface area contributed by atoms with Gasteiger partial charge in [-0.2, -0.15) is 0 Å². The summed E-state index contributed by atoms with van der Waals surface area (Å²) in [5.41, 5.74) is 2.27. The van der Waals surface area contributed by atoms with E-state index in [9.17, 15) is 9.90 Å². The number of fused-ring (bicyclic) bond motifs is 3. The topological polar surface area (TPSA) is 78.5 Å². The molecule has 0 unspecified atom stereocenters. The van der Waals surface area contributed by atoms with Crippen molar-refractivity contribution < 1.29 is 9.84 Å². The zero-order valence-electron chi connectivity index (χ0n) is 18.3. The van der Waals surface area contributed by atoms with Crippen LogP contribution < -0.4 is 5.56 Å². The predicted molar refractivity (Wildman–Crippen MR) is 125 cm³/mol. The van der Waals surface area contributed by atoms with Gasteiger partial charge >= 0.3 is 0 Å². The number of aryl methyl sites for hydroxylation is 1. The summed E-state index contributed by atoms with van der Waals surface area (Å²) >= 11 is 1.67. The zero-order valence-corrected chi connectivity index (χ0v) is 19.1. The Labute approximate surface area is 186 Å². The van der Waals surface area contributed by atoms with Gasteiger partial charge in [-0.15, -0.1) is 11.3 Å². The molecule has 4 rings (SSSR count). The van der Waals surface area contributed by atoms with Crippen LogP contribution in [-0.2, 0) is 30.5 Å². The first-order valence-corrected chi connectivity index (χ1v) is 11.8. The van der Waals surface area contributed by atoms with E-state index in [2.05, 4.69) is 16.8 Å².